The summed E-state index contributed by atoms with van der Waals surface area (Å²) in [5.41, 5.74) is -0.553. The van der Waals surface area contributed by atoms with Gasteiger partial charge in [0.15, 0.2) is 0 Å². The molecule has 2 aromatic carbocycles. The van der Waals surface area contributed by atoms with Gasteiger partial charge in [0, 0.05) is 23.7 Å². The summed E-state index contributed by atoms with van der Waals surface area (Å²) < 4.78 is 47.0. The van der Waals surface area contributed by atoms with E-state index in [-0.39, 0.29) is 24.2 Å². The number of likely N-dealkylation sites (N-methyl/N-ethyl adjacent to an activating group) is 1. The molecule has 1 heterocycles. The van der Waals surface area contributed by atoms with Crippen LogP contribution in [0, 0.1) is 0 Å². The summed E-state index contributed by atoms with van der Waals surface area (Å²) in [7, 11) is 5.19. The third kappa shape index (κ3) is 4.61. The van der Waals surface area contributed by atoms with Crippen LogP contribution in [-0.4, -0.2) is 55.3 Å². The first-order chi connectivity index (χ1) is 14.9. The van der Waals surface area contributed by atoms with Crippen LogP contribution in [0.15, 0.2) is 42.5 Å². The van der Waals surface area contributed by atoms with Crippen LogP contribution in [0.3, 0.4) is 0 Å². The second-order valence-electron chi connectivity index (χ2n) is 8.96. The van der Waals surface area contributed by atoms with Gasteiger partial charge in [0.2, 0.25) is 0 Å². The van der Waals surface area contributed by atoms with Crippen molar-refractivity contribution in [3.8, 4) is 5.75 Å². The highest BCUT2D eigenvalue weighted by molar-refractivity contribution is 5.99. The third-order valence-electron chi connectivity index (χ3n) is 6.37. The molecule has 8 heteroatoms. The monoisotopic (exact) mass is 450 g/mol. The zero-order valence-corrected chi connectivity index (χ0v) is 18.9. The molecule has 0 spiro atoms. The minimum Gasteiger partial charge on any atom is -0.497 e. The molecular weight excluding hydrogens is 421 g/mol. The Bertz CT molecular complexity index is 971. The summed E-state index contributed by atoms with van der Waals surface area (Å²) in [6.07, 6.45) is -6.20. The Morgan fingerprint density at radius 2 is 1.75 bits per heavy atom. The molecule has 0 bridgehead atoms. The van der Waals surface area contributed by atoms with Gasteiger partial charge < -0.3 is 19.6 Å². The number of carbonyl (C=O) groups excluding carboxylic acids is 1. The quantitative estimate of drug-likeness (QED) is 0.746. The first-order valence-electron chi connectivity index (χ1n) is 10.4. The summed E-state index contributed by atoms with van der Waals surface area (Å²) in [5, 5.41) is 11.1. The number of alkyl halides is 3. The number of aliphatic hydroxyl groups excluding tert-OH is 1. The second-order valence-corrected chi connectivity index (χ2v) is 8.96. The van der Waals surface area contributed by atoms with Crippen molar-refractivity contribution in [2.24, 2.45) is 0 Å². The number of benzene rings is 2. The largest absolute Gasteiger partial charge is 0.497 e. The number of hydrogen-bond acceptors (Lipinski definition) is 4. The predicted molar refractivity (Wildman–Crippen MR) is 117 cm³/mol. The maximum absolute atomic E-state index is 13.9. The number of rotatable bonds is 5. The number of nitrogens with zero attached hydrogens (tertiary/aromatic N) is 2. The van der Waals surface area contributed by atoms with Crippen molar-refractivity contribution in [3.05, 3.63) is 59.2 Å². The van der Waals surface area contributed by atoms with Crippen molar-refractivity contribution in [1.82, 2.24) is 4.90 Å². The summed E-state index contributed by atoms with van der Waals surface area (Å²) >= 11 is 0. The molecule has 0 radical (unpaired) electrons. The molecule has 0 fully saturated rings. The van der Waals surface area contributed by atoms with Crippen LogP contribution in [0.5, 0.6) is 5.75 Å². The maximum Gasteiger partial charge on any atom is 0.416 e. The third-order valence-corrected chi connectivity index (χ3v) is 6.37. The number of methoxy groups -OCH3 is 1. The Balaban J connectivity index is 2.18. The number of aliphatic hydroxyl groups is 1. The van der Waals surface area contributed by atoms with Crippen LogP contribution in [0.25, 0.3) is 0 Å². The molecule has 174 valence electrons. The normalized spacial score (nSPS) is 19.7. The van der Waals surface area contributed by atoms with Gasteiger partial charge in [-0.3, -0.25) is 4.79 Å². The number of fused-ring (bicyclic) bond motifs is 1. The van der Waals surface area contributed by atoms with Gasteiger partial charge >= 0.3 is 6.18 Å². The van der Waals surface area contributed by atoms with Crippen LogP contribution in [-0.2, 0) is 17.4 Å². The minimum atomic E-state index is -4.59. The summed E-state index contributed by atoms with van der Waals surface area (Å²) in [4.78, 5) is 16.6. The lowest BCUT2D eigenvalue weighted by atomic mass is 9.86. The number of ether oxygens (including phenoxy) is 1. The molecule has 0 aromatic heterocycles. The molecule has 0 aliphatic carbocycles. The Hall–Kier alpha value is -2.58. The van der Waals surface area contributed by atoms with Gasteiger partial charge in [-0.05, 0) is 69.8 Å². The molecule has 1 aliphatic rings. The van der Waals surface area contributed by atoms with Crippen molar-refractivity contribution in [2.45, 2.75) is 44.0 Å². The van der Waals surface area contributed by atoms with E-state index in [9.17, 15) is 23.1 Å². The van der Waals surface area contributed by atoms with Gasteiger partial charge in [-0.25, -0.2) is 0 Å². The number of carbonyl (C=O) groups is 1. The van der Waals surface area contributed by atoms with E-state index in [1.54, 1.807) is 24.3 Å². The lowest BCUT2D eigenvalue weighted by molar-refractivity contribution is -0.138. The average Bonchev–Trinajstić information content (AvgIpc) is 2.83. The standard InChI is InChI=1S/C24H29F3N2O3/c1-23(2,28(3)4)14-29-20-8-6-7-19(24(25,26)27)18(20)13-17(21(30)22(29)31)15-9-11-16(32-5)12-10-15/h6-12,17,21,30H,13-14H2,1-5H3/t17?,21-/m1/s1. The van der Waals surface area contributed by atoms with E-state index in [1.807, 2.05) is 32.8 Å². The lowest BCUT2D eigenvalue weighted by Crippen LogP contribution is -2.52. The zero-order chi connectivity index (χ0) is 23.8. The smallest absolute Gasteiger partial charge is 0.416 e. The molecule has 1 N–H and O–H groups in total. The Morgan fingerprint density at radius 3 is 2.28 bits per heavy atom. The van der Waals surface area contributed by atoms with Crippen LogP contribution in [0.4, 0.5) is 18.9 Å². The van der Waals surface area contributed by atoms with Crippen LogP contribution >= 0.6 is 0 Å². The van der Waals surface area contributed by atoms with E-state index >= 15 is 0 Å². The summed E-state index contributed by atoms with van der Waals surface area (Å²) in [5.74, 6) is -0.865. The first kappa shape index (κ1) is 24.1. The lowest BCUT2D eigenvalue weighted by Gasteiger charge is -2.38. The van der Waals surface area contributed by atoms with E-state index < -0.39 is 35.2 Å². The molecule has 1 amide bonds. The molecular formula is C24H29F3N2O3. The Labute approximate surface area is 186 Å². The molecule has 1 aliphatic heterocycles. The van der Waals surface area contributed by atoms with E-state index in [0.717, 1.165) is 6.07 Å². The van der Waals surface area contributed by atoms with Crippen molar-refractivity contribution in [3.63, 3.8) is 0 Å². The highest BCUT2D eigenvalue weighted by atomic mass is 19.4. The molecule has 2 atom stereocenters. The van der Waals surface area contributed by atoms with Crippen molar-refractivity contribution < 1.29 is 27.8 Å². The number of amides is 1. The zero-order valence-electron chi connectivity index (χ0n) is 18.9. The molecule has 0 saturated carbocycles. The van der Waals surface area contributed by atoms with Crippen molar-refractivity contribution >= 4 is 11.6 Å². The SMILES string of the molecule is COc1ccc(C2Cc3c(cccc3C(F)(F)F)N(CC(C)(C)N(C)C)C(=O)[C@@H]2O)cc1. The van der Waals surface area contributed by atoms with E-state index in [4.69, 9.17) is 4.74 Å². The van der Waals surface area contributed by atoms with Crippen molar-refractivity contribution in [1.29, 1.82) is 0 Å². The van der Waals surface area contributed by atoms with Gasteiger partial charge in [-0.2, -0.15) is 13.2 Å². The molecule has 5 nitrogen and oxygen atoms in total. The Morgan fingerprint density at radius 1 is 1.12 bits per heavy atom. The van der Waals surface area contributed by atoms with Crippen molar-refractivity contribution in [2.75, 3.05) is 32.6 Å². The fraction of sp³-hybridized carbons (Fsp3) is 0.458. The topological polar surface area (TPSA) is 53.0 Å². The Kier molecular flexibility index (Phi) is 6.58. The number of hydrogen-bond donors (Lipinski definition) is 1. The van der Waals surface area contributed by atoms with Gasteiger partial charge in [0.05, 0.1) is 12.7 Å². The van der Waals surface area contributed by atoms with Crippen LogP contribution in [0.2, 0.25) is 0 Å². The highest BCUT2D eigenvalue weighted by Crippen LogP contribution is 2.42. The van der Waals surface area contributed by atoms with Crippen LogP contribution in [0.1, 0.15) is 36.5 Å². The highest BCUT2D eigenvalue weighted by Gasteiger charge is 2.43. The summed E-state index contributed by atoms with van der Waals surface area (Å²) in [6, 6.07) is 10.6. The fourth-order valence-electron chi connectivity index (χ4n) is 3.93. The predicted octanol–water partition coefficient (Wildman–Crippen LogP) is 4.09. The number of halogens is 3. The summed E-state index contributed by atoms with van der Waals surface area (Å²) in [6.45, 7) is 3.91. The molecule has 32 heavy (non-hydrogen) atoms. The fourth-order valence-corrected chi connectivity index (χ4v) is 3.93. The second kappa shape index (κ2) is 8.75. The maximum atomic E-state index is 13.9. The minimum absolute atomic E-state index is 0.0141. The van der Waals surface area contributed by atoms with E-state index in [2.05, 4.69) is 0 Å². The van der Waals surface area contributed by atoms with E-state index in [1.165, 1.54) is 24.1 Å². The van der Waals surface area contributed by atoms with Gasteiger partial charge in [-0.1, -0.05) is 18.2 Å². The van der Waals surface area contributed by atoms with Crippen LogP contribution < -0.4 is 9.64 Å². The van der Waals surface area contributed by atoms with Gasteiger partial charge in [-0.15, -0.1) is 0 Å². The van der Waals surface area contributed by atoms with Gasteiger partial charge in [0.25, 0.3) is 5.91 Å². The van der Waals surface area contributed by atoms with Gasteiger partial charge in [0.1, 0.15) is 11.9 Å². The molecule has 2 aromatic rings. The molecule has 0 saturated heterocycles. The van der Waals surface area contributed by atoms with E-state index in [0.29, 0.717) is 11.3 Å². The average molecular weight is 451 g/mol. The number of anilines is 1. The molecule has 1 unspecified atom stereocenters. The molecule has 3 rings (SSSR count). The first-order valence-corrected chi connectivity index (χ1v) is 10.4.